The van der Waals surface area contributed by atoms with Crippen LogP contribution in [0, 0.1) is 0 Å². The first-order chi connectivity index (χ1) is 7.50. The van der Waals surface area contributed by atoms with Crippen molar-refractivity contribution in [2.24, 2.45) is 0 Å². The molecule has 0 spiro atoms. The summed E-state index contributed by atoms with van der Waals surface area (Å²) in [5, 5.41) is 0. The molecule has 2 nitrogen and oxygen atoms in total. The molecule has 0 amide bonds. The van der Waals surface area contributed by atoms with E-state index >= 15 is 0 Å². The standard InChI is InChI=1S/C13H18O2S/c1-5-8-9-11-13(7-3)16(14,15)12(4)10-6-2/h5-11H,2H2,1,3-4H3/b8-5-,11-9-,12-10+,13-7+. The first kappa shape index (κ1) is 14.6. The van der Waals surface area contributed by atoms with Crippen molar-refractivity contribution in [2.75, 3.05) is 0 Å². The van der Waals surface area contributed by atoms with Gasteiger partial charge < -0.3 is 0 Å². The second-order valence-corrected chi connectivity index (χ2v) is 5.21. The molecular formula is C13H18O2S. The predicted molar refractivity (Wildman–Crippen MR) is 70.6 cm³/mol. The van der Waals surface area contributed by atoms with E-state index in [0.29, 0.717) is 9.81 Å². The predicted octanol–water partition coefficient (Wildman–Crippen LogP) is 3.53. The van der Waals surface area contributed by atoms with Gasteiger partial charge in [0.25, 0.3) is 0 Å². The lowest BCUT2D eigenvalue weighted by molar-refractivity contribution is 0.608. The normalized spacial score (nSPS) is 14.9. The van der Waals surface area contributed by atoms with Gasteiger partial charge in [-0.05, 0) is 32.9 Å². The molecule has 0 heterocycles. The maximum atomic E-state index is 12.0. The van der Waals surface area contributed by atoms with E-state index in [-0.39, 0.29) is 0 Å². The number of hydrogen-bond acceptors (Lipinski definition) is 2. The monoisotopic (exact) mass is 238 g/mol. The van der Waals surface area contributed by atoms with Crippen LogP contribution in [0.5, 0.6) is 0 Å². The van der Waals surface area contributed by atoms with Crippen LogP contribution in [-0.4, -0.2) is 8.42 Å². The minimum Gasteiger partial charge on any atom is -0.219 e. The number of allylic oxidation sites excluding steroid dienone is 8. The Morgan fingerprint density at radius 1 is 1.19 bits per heavy atom. The van der Waals surface area contributed by atoms with Gasteiger partial charge in [0.2, 0.25) is 9.84 Å². The molecular weight excluding hydrogens is 220 g/mol. The van der Waals surface area contributed by atoms with Crippen molar-refractivity contribution in [2.45, 2.75) is 20.8 Å². The zero-order chi connectivity index (χ0) is 12.6. The second kappa shape index (κ2) is 7.01. The van der Waals surface area contributed by atoms with Crippen molar-refractivity contribution in [3.05, 3.63) is 58.9 Å². The van der Waals surface area contributed by atoms with Gasteiger partial charge in [-0.25, -0.2) is 8.42 Å². The second-order valence-electron chi connectivity index (χ2n) is 3.09. The van der Waals surface area contributed by atoms with Gasteiger partial charge in [0.15, 0.2) is 0 Å². The van der Waals surface area contributed by atoms with E-state index in [1.807, 2.05) is 13.0 Å². The van der Waals surface area contributed by atoms with E-state index in [0.717, 1.165) is 0 Å². The zero-order valence-corrected chi connectivity index (χ0v) is 10.8. The fraction of sp³-hybridized carbons (Fsp3) is 0.231. The Labute approximate surface area is 98.3 Å². The van der Waals surface area contributed by atoms with Gasteiger partial charge in [0.05, 0.1) is 4.91 Å². The smallest absolute Gasteiger partial charge is 0.202 e. The van der Waals surface area contributed by atoms with Crippen LogP contribution in [0.15, 0.2) is 58.9 Å². The van der Waals surface area contributed by atoms with Crippen molar-refractivity contribution in [1.82, 2.24) is 0 Å². The molecule has 0 fully saturated rings. The summed E-state index contributed by atoms with van der Waals surface area (Å²) in [4.78, 5) is 0.585. The largest absolute Gasteiger partial charge is 0.219 e. The highest BCUT2D eigenvalue weighted by molar-refractivity contribution is 7.99. The average Bonchev–Trinajstić information content (AvgIpc) is 2.24. The molecule has 0 N–H and O–H groups in total. The van der Waals surface area contributed by atoms with Crippen molar-refractivity contribution in [3.8, 4) is 0 Å². The van der Waals surface area contributed by atoms with Gasteiger partial charge >= 0.3 is 0 Å². The Morgan fingerprint density at radius 2 is 1.81 bits per heavy atom. The van der Waals surface area contributed by atoms with Crippen LogP contribution >= 0.6 is 0 Å². The minimum absolute atomic E-state index is 0.292. The summed E-state index contributed by atoms with van der Waals surface area (Å²) < 4.78 is 24.0. The average molecular weight is 238 g/mol. The topological polar surface area (TPSA) is 34.1 Å². The molecule has 0 aromatic carbocycles. The van der Waals surface area contributed by atoms with Crippen LogP contribution in [0.3, 0.4) is 0 Å². The Kier molecular flexibility index (Phi) is 6.42. The van der Waals surface area contributed by atoms with E-state index in [2.05, 4.69) is 6.58 Å². The van der Waals surface area contributed by atoms with Crippen molar-refractivity contribution in [1.29, 1.82) is 0 Å². The molecule has 0 radical (unpaired) electrons. The van der Waals surface area contributed by atoms with E-state index in [1.54, 1.807) is 38.2 Å². The van der Waals surface area contributed by atoms with Crippen LogP contribution < -0.4 is 0 Å². The van der Waals surface area contributed by atoms with Crippen LogP contribution in [0.1, 0.15) is 20.8 Å². The highest BCUT2D eigenvalue weighted by Gasteiger charge is 2.16. The minimum atomic E-state index is -3.36. The third kappa shape index (κ3) is 4.03. The van der Waals surface area contributed by atoms with E-state index in [1.165, 1.54) is 12.2 Å². The van der Waals surface area contributed by atoms with Crippen LogP contribution in [0.25, 0.3) is 0 Å². The van der Waals surface area contributed by atoms with E-state index in [4.69, 9.17) is 0 Å². The van der Waals surface area contributed by atoms with E-state index < -0.39 is 9.84 Å². The molecule has 88 valence electrons. The molecule has 0 atom stereocenters. The SMILES string of the molecule is C=C/C=C(\C)S(=O)(=O)C(/C=C\C=C/C)=C/C. The van der Waals surface area contributed by atoms with E-state index in [9.17, 15) is 8.42 Å². The van der Waals surface area contributed by atoms with Gasteiger partial charge in [0, 0.05) is 4.91 Å². The molecule has 0 aliphatic heterocycles. The molecule has 0 bridgehead atoms. The van der Waals surface area contributed by atoms with Crippen LogP contribution in [0.2, 0.25) is 0 Å². The zero-order valence-electron chi connectivity index (χ0n) is 9.97. The molecule has 0 saturated carbocycles. The van der Waals surface area contributed by atoms with Crippen molar-refractivity contribution in [3.63, 3.8) is 0 Å². The van der Waals surface area contributed by atoms with Crippen molar-refractivity contribution >= 4 is 9.84 Å². The van der Waals surface area contributed by atoms with Gasteiger partial charge in [-0.2, -0.15) is 0 Å². The first-order valence-corrected chi connectivity index (χ1v) is 6.49. The highest BCUT2D eigenvalue weighted by atomic mass is 32.2. The molecule has 0 aromatic heterocycles. The molecule has 0 unspecified atom stereocenters. The Hall–Kier alpha value is -1.35. The number of sulfone groups is 1. The summed E-state index contributed by atoms with van der Waals surface area (Å²) in [7, 11) is -3.36. The van der Waals surface area contributed by atoms with Crippen LogP contribution in [-0.2, 0) is 9.84 Å². The lowest BCUT2D eigenvalue weighted by Crippen LogP contribution is -2.03. The fourth-order valence-electron chi connectivity index (χ4n) is 1.04. The Balaban J connectivity index is 5.29. The van der Waals surface area contributed by atoms with Gasteiger partial charge in [0.1, 0.15) is 0 Å². The third-order valence-electron chi connectivity index (χ3n) is 1.94. The van der Waals surface area contributed by atoms with Gasteiger partial charge in [-0.15, -0.1) is 0 Å². The maximum absolute atomic E-state index is 12.0. The fourth-order valence-corrected chi connectivity index (χ4v) is 2.26. The van der Waals surface area contributed by atoms with Gasteiger partial charge in [-0.1, -0.05) is 37.0 Å². The highest BCUT2D eigenvalue weighted by Crippen LogP contribution is 2.18. The summed E-state index contributed by atoms with van der Waals surface area (Å²) in [6, 6.07) is 0. The van der Waals surface area contributed by atoms with Crippen molar-refractivity contribution < 1.29 is 8.42 Å². The first-order valence-electron chi connectivity index (χ1n) is 5.00. The molecule has 0 aliphatic carbocycles. The summed E-state index contributed by atoms with van der Waals surface area (Å²) >= 11 is 0. The maximum Gasteiger partial charge on any atom is 0.202 e. The molecule has 0 aliphatic rings. The number of hydrogen-bond donors (Lipinski definition) is 0. The molecule has 0 rings (SSSR count). The lowest BCUT2D eigenvalue weighted by atomic mass is 10.4. The quantitative estimate of drug-likeness (QED) is 0.687. The molecule has 0 aromatic rings. The lowest BCUT2D eigenvalue weighted by Gasteiger charge is -2.03. The van der Waals surface area contributed by atoms with Gasteiger partial charge in [-0.3, -0.25) is 0 Å². The summed E-state index contributed by atoms with van der Waals surface area (Å²) in [5.41, 5.74) is 0. The van der Waals surface area contributed by atoms with Crippen LogP contribution in [0.4, 0.5) is 0 Å². The summed E-state index contributed by atoms with van der Waals surface area (Å²) in [6.07, 6.45) is 11.4. The Morgan fingerprint density at radius 3 is 2.25 bits per heavy atom. The third-order valence-corrected chi connectivity index (χ3v) is 3.91. The molecule has 3 heteroatoms. The summed E-state index contributed by atoms with van der Waals surface area (Å²) in [5.74, 6) is 0. The summed E-state index contributed by atoms with van der Waals surface area (Å²) in [6.45, 7) is 8.62. The molecule has 0 saturated heterocycles. The Bertz CT molecular complexity index is 446. The number of rotatable bonds is 5. The molecule has 16 heavy (non-hydrogen) atoms.